The number of carbonyl (C=O) groups excluding carboxylic acids is 2. The van der Waals surface area contributed by atoms with Crippen molar-refractivity contribution in [1.82, 2.24) is 4.90 Å². The Hall–Kier alpha value is -3.60. The van der Waals surface area contributed by atoms with Gasteiger partial charge in [0.2, 0.25) is 5.91 Å². The van der Waals surface area contributed by atoms with Crippen LogP contribution in [0.5, 0.6) is 5.75 Å². The fourth-order valence-corrected chi connectivity index (χ4v) is 2.90. The highest BCUT2D eigenvalue weighted by Crippen LogP contribution is 2.18. The van der Waals surface area contributed by atoms with Crippen LogP contribution < -0.4 is 10.1 Å². The first-order chi connectivity index (χ1) is 14.5. The van der Waals surface area contributed by atoms with Crippen LogP contribution in [0.15, 0.2) is 78.9 Å². The van der Waals surface area contributed by atoms with E-state index in [1.807, 2.05) is 60.7 Å². The van der Waals surface area contributed by atoms with Crippen LogP contribution in [-0.2, 0) is 17.8 Å². The Bertz CT molecular complexity index is 983. The maximum atomic E-state index is 12.6. The van der Waals surface area contributed by atoms with Gasteiger partial charge >= 0.3 is 0 Å². The molecule has 3 rings (SSSR count). The summed E-state index contributed by atoms with van der Waals surface area (Å²) in [7, 11) is 3.51. The fourth-order valence-electron chi connectivity index (χ4n) is 2.90. The highest BCUT2D eigenvalue weighted by atomic mass is 16.5. The van der Waals surface area contributed by atoms with Gasteiger partial charge in [-0.25, -0.2) is 0 Å². The lowest BCUT2D eigenvalue weighted by Crippen LogP contribution is -2.21. The highest BCUT2D eigenvalue weighted by Gasteiger charge is 2.09. The molecule has 0 radical (unpaired) electrons. The van der Waals surface area contributed by atoms with Gasteiger partial charge in [-0.2, -0.15) is 0 Å². The van der Waals surface area contributed by atoms with Crippen LogP contribution in [-0.4, -0.2) is 30.8 Å². The lowest BCUT2D eigenvalue weighted by Gasteiger charge is -2.11. The van der Waals surface area contributed by atoms with Crippen molar-refractivity contribution >= 4 is 17.5 Å². The third kappa shape index (κ3) is 6.21. The van der Waals surface area contributed by atoms with Gasteiger partial charge in [-0.15, -0.1) is 0 Å². The summed E-state index contributed by atoms with van der Waals surface area (Å²) in [4.78, 5) is 25.9. The molecule has 0 heterocycles. The van der Waals surface area contributed by atoms with Gasteiger partial charge in [0.25, 0.3) is 5.91 Å². The molecule has 0 spiro atoms. The number of nitrogens with one attached hydrogen (secondary N) is 1. The summed E-state index contributed by atoms with van der Waals surface area (Å²) in [5, 5.41) is 2.90. The molecule has 5 heteroatoms. The van der Waals surface area contributed by atoms with Crippen LogP contribution in [0.1, 0.15) is 27.9 Å². The molecule has 0 fully saturated rings. The molecule has 0 bridgehead atoms. The van der Waals surface area contributed by atoms with Crippen molar-refractivity contribution in [2.24, 2.45) is 0 Å². The topological polar surface area (TPSA) is 58.6 Å². The largest absolute Gasteiger partial charge is 0.489 e. The van der Waals surface area contributed by atoms with Crippen LogP contribution in [0, 0.1) is 0 Å². The second-order valence-electron chi connectivity index (χ2n) is 7.24. The smallest absolute Gasteiger partial charge is 0.255 e. The Kier molecular flexibility index (Phi) is 7.22. The van der Waals surface area contributed by atoms with Crippen LogP contribution in [0.3, 0.4) is 0 Å². The highest BCUT2D eigenvalue weighted by molar-refractivity contribution is 6.04. The molecule has 0 unspecified atom stereocenters. The first kappa shape index (κ1) is 21.1. The summed E-state index contributed by atoms with van der Waals surface area (Å²) in [6, 6.07) is 24.6. The van der Waals surface area contributed by atoms with Crippen LogP contribution >= 0.6 is 0 Å². The molecular formula is C25H26N2O3. The van der Waals surface area contributed by atoms with Crippen molar-refractivity contribution in [2.75, 3.05) is 19.4 Å². The molecule has 30 heavy (non-hydrogen) atoms. The Morgan fingerprint density at radius 2 is 1.60 bits per heavy atom. The van der Waals surface area contributed by atoms with Crippen LogP contribution in [0.4, 0.5) is 5.69 Å². The third-order valence-electron chi connectivity index (χ3n) is 4.68. The van der Waals surface area contributed by atoms with Crippen molar-refractivity contribution in [3.05, 3.63) is 95.6 Å². The lowest BCUT2D eigenvalue weighted by atomic mass is 10.1. The SMILES string of the molecule is CN(C)C(=O)CCc1ccc(NC(=O)c2cccc(OCc3ccccc3)c2)cc1. The van der Waals surface area contributed by atoms with Gasteiger partial charge in [-0.1, -0.05) is 48.5 Å². The normalized spacial score (nSPS) is 10.3. The van der Waals surface area contributed by atoms with Gasteiger partial charge in [-0.3, -0.25) is 9.59 Å². The van der Waals surface area contributed by atoms with E-state index in [1.165, 1.54) is 0 Å². The minimum Gasteiger partial charge on any atom is -0.489 e. The molecule has 0 saturated carbocycles. The maximum Gasteiger partial charge on any atom is 0.255 e. The van der Waals surface area contributed by atoms with Gasteiger partial charge in [0.15, 0.2) is 0 Å². The predicted octanol–water partition coefficient (Wildman–Crippen LogP) is 4.54. The zero-order valence-electron chi connectivity index (χ0n) is 17.3. The van der Waals surface area contributed by atoms with Gasteiger partial charge in [-0.05, 0) is 47.9 Å². The van der Waals surface area contributed by atoms with Crippen LogP contribution in [0.25, 0.3) is 0 Å². The predicted molar refractivity (Wildman–Crippen MR) is 119 cm³/mol. The molecule has 2 amide bonds. The number of benzene rings is 3. The van der Waals surface area contributed by atoms with Gasteiger partial charge in [0.1, 0.15) is 12.4 Å². The van der Waals surface area contributed by atoms with E-state index in [0.29, 0.717) is 36.4 Å². The average Bonchev–Trinajstić information content (AvgIpc) is 2.77. The van der Waals surface area contributed by atoms with E-state index in [1.54, 1.807) is 37.2 Å². The number of amides is 2. The molecule has 0 aliphatic carbocycles. The van der Waals surface area contributed by atoms with E-state index in [2.05, 4.69) is 5.32 Å². The van der Waals surface area contributed by atoms with E-state index in [9.17, 15) is 9.59 Å². The van der Waals surface area contributed by atoms with E-state index < -0.39 is 0 Å². The van der Waals surface area contributed by atoms with E-state index in [-0.39, 0.29) is 11.8 Å². The third-order valence-corrected chi connectivity index (χ3v) is 4.68. The molecule has 1 N–H and O–H groups in total. The number of hydrogen-bond acceptors (Lipinski definition) is 3. The zero-order chi connectivity index (χ0) is 21.3. The monoisotopic (exact) mass is 402 g/mol. The number of anilines is 1. The molecule has 5 nitrogen and oxygen atoms in total. The van der Waals surface area contributed by atoms with Crippen molar-refractivity contribution in [3.63, 3.8) is 0 Å². The number of nitrogens with zero attached hydrogens (tertiary/aromatic N) is 1. The second-order valence-corrected chi connectivity index (χ2v) is 7.24. The fraction of sp³-hybridized carbons (Fsp3) is 0.200. The van der Waals surface area contributed by atoms with Crippen molar-refractivity contribution in [1.29, 1.82) is 0 Å². The quantitative estimate of drug-likeness (QED) is 0.602. The molecule has 154 valence electrons. The van der Waals surface area contributed by atoms with E-state index in [0.717, 1.165) is 11.1 Å². The Labute approximate surface area is 177 Å². The Balaban J connectivity index is 1.56. The minimum absolute atomic E-state index is 0.0988. The molecular weight excluding hydrogens is 376 g/mol. The maximum absolute atomic E-state index is 12.6. The summed E-state index contributed by atoms with van der Waals surface area (Å²) in [5.74, 6) is 0.546. The molecule has 0 atom stereocenters. The standard InChI is InChI=1S/C25H26N2O3/c1-27(2)24(28)16-13-19-11-14-22(15-12-19)26-25(29)21-9-6-10-23(17-21)30-18-20-7-4-3-5-8-20/h3-12,14-15,17H,13,16,18H2,1-2H3,(H,26,29). The molecule has 0 aromatic heterocycles. The number of rotatable bonds is 8. The van der Waals surface area contributed by atoms with Gasteiger partial charge in [0, 0.05) is 31.8 Å². The molecule has 0 saturated heterocycles. The summed E-state index contributed by atoms with van der Waals surface area (Å²) in [5.41, 5.74) is 3.36. The number of carbonyl (C=O) groups is 2. The van der Waals surface area contributed by atoms with Crippen molar-refractivity contribution in [3.8, 4) is 5.75 Å². The van der Waals surface area contributed by atoms with E-state index in [4.69, 9.17) is 4.74 Å². The average molecular weight is 402 g/mol. The lowest BCUT2D eigenvalue weighted by molar-refractivity contribution is -0.128. The van der Waals surface area contributed by atoms with Gasteiger partial charge in [0.05, 0.1) is 0 Å². The minimum atomic E-state index is -0.198. The summed E-state index contributed by atoms with van der Waals surface area (Å²) >= 11 is 0. The zero-order valence-corrected chi connectivity index (χ0v) is 17.3. The van der Waals surface area contributed by atoms with Crippen molar-refractivity contribution < 1.29 is 14.3 Å². The van der Waals surface area contributed by atoms with E-state index >= 15 is 0 Å². The Morgan fingerprint density at radius 3 is 2.30 bits per heavy atom. The summed E-state index contributed by atoms with van der Waals surface area (Å²) in [6.45, 7) is 0.448. The van der Waals surface area contributed by atoms with Gasteiger partial charge < -0.3 is 15.0 Å². The number of aryl methyl sites for hydroxylation is 1. The first-order valence-electron chi connectivity index (χ1n) is 9.88. The molecule has 3 aromatic carbocycles. The first-order valence-corrected chi connectivity index (χ1v) is 9.88. The molecule has 3 aromatic rings. The molecule has 0 aliphatic rings. The summed E-state index contributed by atoms with van der Waals surface area (Å²) < 4.78 is 5.80. The number of hydrogen-bond donors (Lipinski definition) is 1. The second kappa shape index (κ2) is 10.3. The van der Waals surface area contributed by atoms with Crippen LogP contribution in [0.2, 0.25) is 0 Å². The number of ether oxygens (including phenoxy) is 1. The van der Waals surface area contributed by atoms with Crippen molar-refractivity contribution in [2.45, 2.75) is 19.4 Å². The Morgan fingerprint density at radius 1 is 0.867 bits per heavy atom. The molecule has 0 aliphatic heterocycles. The summed E-state index contributed by atoms with van der Waals surface area (Å²) in [6.07, 6.45) is 1.14.